The predicted octanol–water partition coefficient (Wildman–Crippen LogP) is 3.57. The van der Waals surface area contributed by atoms with E-state index in [2.05, 4.69) is 41.9 Å². The van der Waals surface area contributed by atoms with Gasteiger partial charge < -0.3 is 14.2 Å². The fourth-order valence-corrected chi connectivity index (χ4v) is 3.68. The summed E-state index contributed by atoms with van der Waals surface area (Å²) in [5.74, 6) is 1.18. The smallest absolute Gasteiger partial charge is 0.260 e. The molecule has 128 valence electrons. The lowest BCUT2D eigenvalue weighted by Crippen LogP contribution is -2.33. The van der Waals surface area contributed by atoms with Crippen molar-refractivity contribution in [3.8, 4) is 5.75 Å². The number of carbonyl (C=O) groups is 1. The van der Waals surface area contributed by atoms with Crippen LogP contribution in [0.25, 0.3) is 10.9 Å². The predicted molar refractivity (Wildman–Crippen MR) is 98.8 cm³/mol. The highest BCUT2D eigenvalue weighted by molar-refractivity contribution is 5.82. The van der Waals surface area contributed by atoms with E-state index in [1.807, 2.05) is 35.2 Å². The molecule has 4 nitrogen and oxygen atoms in total. The third-order valence-corrected chi connectivity index (χ3v) is 5.05. The molecule has 0 radical (unpaired) electrons. The molecule has 1 atom stereocenters. The summed E-state index contributed by atoms with van der Waals surface area (Å²) < 4.78 is 7.85. The molecule has 0 spiro atoms. The second kappa shape index (κ2) is 6.63. The molecule has 1 saturated heterocycles. The fraction of sp³-hybridized carbons (Fsp3) is 0.286. The van der Waals surface area contributed by atoms with Crippen LogP contribution in [-0.2, 0) is 11.8 Å². The molecule has 0 N–H and O–H groups in total. The van der Waals surface area contributed by atoms with Crippen molar-refractivity contribution in [2.24, 2.45) is 7.05 Å². The Hall–Kier alpha value is -2.75. The van der Waals surface area contributed by atoms with Gasteiger partial charge in [-0.15, -0.1) is 0 Å². The van der Waals surface area contributed by atoms with Crippen LogP contribution in [0.1, 0.15) is 18.0 Å². The van der Waals surface area contributed by atoms with Crippen molar-refractivity contribution in [3.63, 3.8) is 0 Å². The van der Waals surface area contributed by atoms with Crippen LogP contribution in [0.2, 0.25) is 0 Å². The Bertz CT molecular complexity index is 885. The number of amides is 1. The molecule has 1 aliphatic rings. The summed E-state index contributed by atoms with van der Waals surface area (Å²) in [6.07, 6.45) is 1.00. The molecule has 2 aromatic carbocycles. The number of benzene rings is 2. The zero-order valence-electron chi connectivity index (χ0n) is 14.4. The third kappa shape index (κ3) is 3.12. The number of carbonyl (C=O) groups excluding carboxylic acids is 1. The zero-order valence-corrected chi connectivity index (χ0v) is 14.4. The van der Waals surface area contributed by atoms with Gasteiger partial charge in [0.25, 0.3) is 5.91 Å². The van der Waals surface area contributed by atoms with Crippen LogP contribution in [0, 0.1) is 0 Å². The molecule has 25 heavy (non-hydrogen) atoms. The normalized spacial score (nSPS) is 17.2. The topological polar surface area (TPSA) is 34.5 Å². The Morgan fingerprint density at radius 1 is 1.12 bits per heavy atom. The van der Waals surface area contributed by atoms with Crippen molar-refractivity contribution < 1.29 is 9.53 Å². The minimum absolute atomic E-state index is 0.0603. The van der Waals surface area contributed by atoms with E-state index < -0.39 is 0 Å². The van der Waals surface area contributed by atoms with Crippen molar-refractivity contribution in [2.75, 3.05) is 19.7 Å². The largest absolute Gasteiger partial charge is 0.484 e. The number of rotatable bonds is 4. The lowest BCUT2D eigenvalue weighted by Gasteiger charge is -2.17. The monoisotopic (exact) mass is 334 g/mol. The molecule has 0 bridgehead atoms. The number of aryl methyl sites for hydroxylation is 1. The van der Waals surface area contributed by atoms with Crippen LogP contribution in [-0.4, -0.2) is 35.1 Å². The standard InChI is InChI=1S/C21H22N2O2/c1-22-19-10-6-5-7-16(19)13-20(22)17-11-12-23(14-17)21(24)15-25-18-8-3-2-4-9-18/h2-10,13,17H,11-12,14-15H2,1H3. The molecule has 0 saturated carbocycles. The van der Waals surface area contributed by atoms with Crippen molar-refractivity contribution in [2.45, 2.75) is 12.3 Å². The number of hydrogen-bond donors (Lipinski definition) is 0. The van der Waals surface area contributed by atoms with E-state index in [-0.39, 0.29) is 12.5 Å². The van der Waals surface area contributed by atoms with Gasteiger partial charge >= 0.3 is 0 Å². The number of hydrogen-bond acceptors (Lipinski definition) is 2. The number of aromatic nitrogens is 1. The maximum absolute atomic E-state index is 12.4. The molecule has 4 heteroatoms. The van der Waals surface area contributed by atoms with Crippen LogP contribution in [0.5, 0.6) is 5.75 Å². The van der Waals surface area contributed by atoms with E-state index in [1.54, 1.807) is 0 Å². The number of likely N-dealkylation sites (tertiary alicyclic amines) is 1. The molecule has 2 heterocycles. The molecule has 1 unspecified atom stereocenters. The Morgan fingerprint density at radius 3 is 2.68 bits per heavy atom. The number of fused-ring (bicyclic) bond motifs is 1. The highest BCUT2D eigenvalue weighted by atomic mass is 16.5. The van der Waals surface area contributed by atoms with Gasteiger partial charge in [-0.3, -0.25) is 4.79 Å². The van der Waals surface area contributed by atoms with Gasteiger partial charge in [0, 0.05) is 37.3 Å². The molecular weight excluding hydrogens is 312 g/mol. The number of nitrogens with zero attached hydrogens (tertiary/aromatic N) is 2. The van der Waals surface area contributed by atoms with E-state index in [0.717, 1.165) is 25.3 Å². The van der Waals surface area contributed by atoms with Gasteiger partial charge in [-0.05, 0) is 36.1 Å². The van der Waals surface area contributed by atoms with Gasteiger partial charge in [0.2, 0.25) is 0 Å². The summed E-state index contributed by atoms with van der Waals surface area (Å²) in [5.41, 5.74) is 2.55. The van der Waals surface area contributed by atoms with Crippen LogP contribution in [0.3, 0.4) is 0 Å². The Kier molecular flexibility index (Phi) is 4.18. The molecular formula is C21H22N2O2. The van der Waals surface area contributed by atoms with Crippen molar-refractivity contribution in [1.29, 1.82) is 0 Å². The third-order valence-electron chi connectivity index (χ3n) is 5.05. The molecule has 3 aromatic rings. The average Bonchev–Trinajstić information content (AvgIpc) is 3.26. The Labute approximate surface area is 147 Å². The van der Waals surface area contributed by atoms with Gasteiger partial charge in [-0.1, -0.05) is 36.4 Å². The van der Waals surface area contributed by atoms with Crippen molar-refractivity contribution in [1.82, 2.24) is 9.47 Å². The molecule has 1 aliphatic heterocycles. The van der Waals surface area contributed by atoms with Crippen LogP contribution >= 0.6 is 0 Å². The Balaban J connectivity index is 1.42. The summed E-state index contributed by atoms with van der Waals surface area (Å²) in [4.78, 5) is 14.4. The van der Waals surface area contributed by atoms with E-state index >= 15 is 0 Å². The van der Waals surface area contributed by atoms with E-state index in [1.165, 1.54) is 16.6 Å². The second-order valence-corrected chi connectivity index (χ2v) is 6.61. The first-order valence-electron chi connectivity index (χ1n) is 8.72. The van der Waals surface area contributed by atoms with Gasteiger partial charge in [0.05, 0.1) is 0 Å². The molecule has 1 aromatic heterocycles. The summed E-state index contributed by atoms with van der Waals surface area (Å²) in [6, 6.07) is 20.2. The first-order chi connectivity index (χ1) is 12.2. The lowest BCUT2D eigenvalue weighted by atomic mass is 10.0. The average molecular weight is 334 g/mol. The quantitative estimate of drug-likeness (QED) is 0.731. The van der Waals surface area contributed by atoms with Crippen molar-refractivity contribution in [3.05, 3.63) is 66.4 Å². The summed E-state index contributed by atoms with van der Waals surface area (Å²) in [7, 11) is 2.11. The van der Waals surface area contributed by atoms with Crippen LogP contribution in [0.4, 0.5) is 0 Å². The first-order valence-corrected chi connectivity index (χ1v) is 8.72. The highest BCUT2D eigenvalue weighted by Crippen LogP contribution is 2.31. The van der Waals surface area contributed by atoms with Gasteiger partial charge in [0.1, 0.15) is 5.75 Å². The SMILES string of the molecule is Cn1c(C2CCN(C(=O)COc3ccccc3)C2)cc2ccccc21. The van der Waals surface area contributed by atoms with Gasteiger partial charge in [0.15, 0.2) is 6.61 Å². The molecule has 1 fully saturated rings. The second-order valence-electron chi connectivity index (χ2n) is 6.61. The summed E-state index contributed by atoms with van der Waals surface area (Å²) in [5, 5.41) is 1.26. The zero-order chi connectivity index (χ0) is 17.2. The van der Waals surface area contributed by atoms with Crippen LogP contribution in [0.15, 0.2) is 60.7 Å². The minimum Gasteiger partial charge on any atom is -0.484 e. The highest BCUT2D eigenvalue weighted by Gasteiger charge is 2.29. The van der Waals surface area contributed by atoms with Gasteiger partial charge in [-0.25, -0.2) is 0 Å². The Morgan fingerprint density at radius 2 is 1.88 bits per heavy atom. The van der Waals surface area contributed by atoms with E-state index in [9.17, 15) is 4.79 Å². The molecule has 1 amide bonds. The van der Waals surface area contributed by atoms with E-state index in [4.69, 9.17) is 4.74 Å². The maximum atomic E-state index is 12.4. The van der Waals surface area contributed by atoms with Crippen molar-refractivity contribution >= 4 is 16.8 Å². The fourth-order valence-electron chi connectivity index (χ4n) is 3.68. The first kappa shape index (κ1) is 15.8. The summed E-state index contributed by atoms with van der Waals surface area (Å²) >= 11 is 0. The lowest BCUT2D eigenvalue weighted by molar-refractivity contribution is -0.132. The minimum atomic E-state index is 0.0603. The molecule has 0 aliphatic carbocycles. The van der Waals surface area contributed by atoms with E-state index in [0.29, 0.717) is 5.92 Å². The molecule has 4 rings (SSSR count). The number of para-hydroxylation sites is 2. The number of ether oxygens (including phenoxy) is 1. The van der Waals surface area contributed by atoms with Gasteiger partial charge in [-0.2, -0.15) is 0 Å². The van der Waals surface area contributed by atoms with Crippen LogP contribution < -0.4 is 4.74 Å². The summed E-state index contributed by atoms with van der Waals surface area (Å²) in [6.45, 7) is 1.66. The maximum Gasteiger partial charge on any atom is 0.260 e.